The molecule has 0 heterocycles. The van der Waals surface area contributed by atoms with Crippen molar-refractivity contribution in [1.82, 2.24) is 0 Å². The number of carboxylic acid groups (broad SMARTS) is 1. The van der Waals surface area contributed by atoms with E-state index in [1.807, 2.05) is 0 Å². The lowest BCUT2D eigenvalue weighted by atomic mass is 9.82. The standard InChI is InChI=1S/C10H15NO2/c1-10(9(12)13)5-2-3-8(7-11)4-6-10/h8H,2-6H2,1H3,(H,12,13). The molecular formula is C10H15NO2. The summed E-state index contributed by atoms with van der Waals surface area (Å²) in [4.78, 5) is 10.9. The van der Waals surface area contributed by atoms with Gasteiger partial charge in [-0.15, -0.1) is 0 Å². The minimum atomic E-state index is -0.717. The number of aliphatic carboxylic acids is 1. The van der Waals surface area contributed by atoms with Gasteiger partial charge in [-0.2, -0.15) is 5.26 Å². The van der Waals surface area contributed by atoms with Crippen LogP contribution >= 0.6 is 0 Å². The topological polar surface area (TPSA) is 61.1 Å². The van der Waals surface area contributed by atoms with Crippen LogP contribution < -0.4 is 0 Å². The summed E-state index contributed by atoms with van der Waals surface area (Å²) in [7, 11) is 0. The molecule has 72 valence electrons. The maximum atomic E-state index is 10.9. The molecule has 1 aliphatic rings. The van der Waals surface area contributed by atoms with E-state index in [0.717, 1.165) is 19.3 Å². The summed E-state index contributed by atoms with van der Waals surface area (Å²) >= 11 is 0. The Balaban J connectivity index is 2.64. The highest BCUT2D eigenvalue weighted by Gasteiger charge is 2.35. The number of rotatable bonds is 1. The number of carbonyl (C=O) groups is 1. The fraction of sp³-hybridized carbons (Fsp3) is 0.800. The molecular weight excluding hydrogens is 166 g/mol. The first kappa shape index (κ1) is 10.0. The zero-order valence-electron chi connectivity index (χ0n) is 7.92. The second-order valence-electron chi connectivity index (χ2n) is 4.12. The molecule has 0 aromatic rings. The van der Waals surface area contributed by atoms with Crippen molar-refractivity contribution in [3.8, 4) is 6.07 Å². The van der Waals surface area contributed by atoms with Gasteiger partial charge in [0, 0.05) is 5.92 Å². The van der Waals surface area contributed by atoms with Gasteiger partial charge in [-0.25, -0.2) is 0 Å². The van der Waals surface area contributed by atoms with Crippen LogP contribution in [0.3, 0.4) is 0 Å². The van der Waals surface area contributed by atoms with Crippen molar-refractivity contribution >= 4 is 5.97 Å². The Kier molecular flexibility index (Phi) is 2.92. The number of hydrogen-bond donors (Lipinski definition) is 1. The predicted octanol–water partition coefficient (Wildman–Crippen LogP) is 2.18. The Hall–Kier alpha value is -1.04. The van der Waals surface area contributed by atoms with Crippen molar-refractivity contribution in [2.75, 3.05) is 0 Å². The molecule has 0 amide bonds. The Morgan fingerprint density at radius 2 is 2.23 bits per heavy atom. The number of carboxylic acids is 1. The second-order valence-corrected chi connectivity index (χ2v) is 4.12. The summed E-state index contributed by atoms with van der Waals surface area (Å²) in [6, 6.07) is 2.23. The van der Waals surface area contributed by atoms with E-state index in [2.05, 4.69) is 6.07 Å². The van der Waals surface area contributed by atoms with Crippen LogP contribution in [0.15, 0.2) is 0 Å². The second kappa shape index (κ2) is 3.78. The van der Waals surface area contributed by atoms with Crippen LogP contribution in [-0.4, -0.2) is 11.1 Å². The fourth-order valence-electron chi connectivity index (χ4n) is 1.84. The van der Waals surface area contributed by atoms with Crippen LogP contribution in [0.2, 0.25) is 0 Å². The van der Waals surface area contributed by atoms with Gasteiger partial charge in [-0.3, -0.25) is 4.79 Å². The van der Waals surface area contributed by atoms with Crippen LogP contribution in [0.25, 0.3) is 0 Å². The molecule has 1 rings (SSSR count). The smallest absolute Gasteiger partial charge is 0.309 e. The first-order chi connectivity index (χ1) is 6.08. The average molecular weight is 181 g/mol. The summed E-state index contributed by atoms with van der Waals surface area (Å²) in [6.07, 6.45) is 3.81. The molecule has 0 aromatic carbocycles. The van der Waals surface area contributed by atoms with Crippen LogP contribution in [0.4, 0.5) is 0 Å². The van der Waals surface area contributed by atoms with Crippen LogP contribution in [0.1, 0.15) is 39.0 Å². The molecule has 0 aromatic heterocycles. The van der Waals surface area contributed by atoms with E-state index in [4.69, 9.17) is 10.4 Å². The lowest BCUT2D eigenvalue weighted by Gasteiger charge is -2.21. The summed E-state index contributed by atoms with van der Waals surface area (Å²) in [6.45, 7) is 1.79. The molecule has 0 aliphatic heterocycles. The average Bonchev–Trinajstić information content (AvgIpc) is 2.28. The highest BCUT2D eigenvalue weighted by Crippen LogP contribution is 2.36. The third-order valence-corrected chi connectivity index (χ3v) is 3.02. The van der Waals surface area contributed by atoms with E-state index in [-0.39, 0.29) is 5.92 Å². The quantitative estimate of drug-likeness (QED) is 0.631. The van der Waals surface area contributed by atoms with Crippen molar-refractivity contribution in [3.63, 3.8) is 0 Å². The molecule has 2 unspecified atom stereocenters. The SMILES string of the molecule is CC1(C(=O)O)CCCC(C#N)CC1. The van der Waals surface area contributed by atoms with E-state index < -0.39 is 11.4 Å². The molecule has 0 radical (unpaired) electrons. The van der Waals surface area contributed by atoms with Crippen LogP contribution in [0, 0.1) is 22.7 Å². The molecule has 1 fully saturated rings. The first-order valence-corrected chi connectivity index (χ1v) is 4.71. The lowest BCUT2D eigenvalue weighted by Crippen LogP contribution is -2.26. The zero-order valence-corrected chi connectivity index (χ0v) is 7.92. The van der Waals surface area contributed by atoms with Crippen molar-refractivity contribution in [1.29, 1.82) is 5.26 Å². The van der Waals surface area contributed by atoms with E-state index in [0.29, 0.717) is 12.8 Å². The van der Waals surface area contributed by atoms with Crippen LogP contribution in [0.5, 0.6) is 0 Å². The highest BCUT2D eigenvalue weighted by molar-refractivity contribution is 5.74. The third-order valence-electron chi connectivity index (χ3n) is 3.02. The van der Waals surface area contributed by atoms with E-state index in [9.17, 15) is 4.79 Å². The maximum Gasteiger partial charge on any atom is 0.309 e. The molecule has 0 bridgehead atoms. The van der Waals surface area contributed by atoms with Gasteiger partial charge in [0.05, 0.1) is 11.5 Å². The van der Waals surface area contributed by atoms with Crippen molar-refractivity contribution in [2.24, 2.45) is 11.3 Å². The minimum Gasteiger partial charge on any atom is -0.481 e. The van der Waals surface area contributed by atoms with Gasteiger partial charge < -0.3 is 5.11 Å². The molecule has 3 nitrogen and oxygen atoms in total. The molecule has 1 saturated carbocycles. The van der Waals surface area contributed by atoms with Gasteiger partial charge in [0.1, 0.15) is 0 Å². The van der Waals surface area contributed by atoms with Gasteiger partial charge in [0.15, 0.2) is 0 Å². The van der Waals surface area contributed by atoms with E-state index in [1.54, 1.807) is 6.92 Å². The first-order valence-electron chi connectivity index (χ1n) is 4.71. The molecule has 1 N–H and O–H groups in total. The van der Waals surface area contributed by atoms with E-state index in [1.165, 1.54) is 0 Å². The van der Waals surface area contributed by atoms with Gasteiger partial charge >= 0.3 is 5.97 Å². The molecule has 3 heteroatoms. The van der Waals surface area contributed by atoms with Gasteiger partial charge in [-0.1, -0.05) is 6.42 Å². The van der Waals surface area contributed by atoms with Gasteiger partial charge in [0.2, 0.25) is 0 Å². The lowest BCUT2D eigenvalue weighted by molar-refractivity contribution is -0.148. The fourth-order valence-corrected chi connectivity index (χ4v) is 1.84. The summed E-state index contributed by atoms with van der Waals surface area (Å²) in [5.74, 6) is -0.646. The monoisotopic (exact) mass is 181 g/mol. The van der Waals surface area contributed by atoms with E-state index >= 15 is 0 Å². The summed E-state index contributed by atoms with van der Waals surface area (Å²) < 4.78 is 0. The molecule has 0 saturated heterocycles. The Bertz CT molecular complexity index is 244. The molecule has 2 atom stereocenters. The third kappa shape index (κ3) is 2.21. The summed E-state index contributed by atoms with van der Waals surface area (Å²) in [5, 5.41) is 17.7. The Labute approximate surface area is 78.4 Å². The minimum absolute atomic E-state index is 0.0705. The van der Waals surface area contributed by atoms with Gasteiger partial charge in [-0.05, 0) is 32.6 Å². The zero-order chi connectivity index (χ0) is 9.90. The predicted molar refractivity (Wildman–Crippen MR) is 47.9 cm³/mol. The Morgan fingerprint density at radius 3 is 2.77 bits per heavy atom. The molecule has 13 heavy (non-hydrogen) atoms. The van der Waals surface area contributed by atoms with Gasteiger partial charge in [0.25, 0.3) is 0 Å². The Morgan fingerprint density at radius 1 is 1.54 bits per heavy atom. The molecule has 1 aliphatic carbocycles. The normalized spacial score (nSPS) is 34.6. The largest absolute Gasteiger partial charge is 0.481 e. The maximum absolute atomic E-state index is 10.9. The number of nitriles is 1. The summed E-state index contributed by atoms with van der Waals surface area (Å²) in [5.41, 5.74) is -0.592. The van der Waals surface area contributed by atoms with Crippen molar-refractivity contribution in [3.05, 3.63) is 0 Å². The number of nitrogens with zero attached hydrogens (tertiary/aromatic N) is 1. The number of hydrogen-bond acceptors (Lipinski definition) is 2. The van der Waals surface area contributed by atoms with Crippen molar-refractivity contribution in [2.45, 2.75) is 39.0 Å². The van der Waals surface area contributed by atoms with Crippen molar-refractivity contribution < 1.29 is 9.90 Å². The highest BCUT2D eigenvalue weighted by atomic mass is 16.4. The van der Waals surface area contributed by atoms with Crippen LogP contribution in [-0.2, 0) is 4.79 Å². The molecule has 0 spiro atoms.